The zero-order chi connectivity index (χ0) is 11.4. The Bertz CT molecular complexity index is 516. The van der Waals surface area contributed by atoms with Crippen LogP contribution < -0.4 is 5.73 Å². The molecule has 0 saturated heterocycles. The SMILES string of the molecule is NC(=O)c1ccccc1/N=C/c1ccco1. The monoisotopic (exact) mass is 214 g/mol. The Kier molecular flexibility index (Phi) is 2.82. The van der Waals surface area contributed by atoms with Crippen LogP contribution in [0.4, 0.5) is 5.69 Å². The maximum absolute atomic E-state index is 11.1. The highest BCUT2D eigenvalue weighted by Gasteiger charge is 2.04. The standard InChI is InChI=1S/C12H10N2O2/c13-12(15)10-5-1-2-6-11(10)14-8-9-4-3-7-16-9/h1-8H,(H2,13,15)/b14-8+. The van der Waals surface area contributed by atoms with Gasteiger partial charge in [0, 0.05) is 0 Å². The van der Waals surface area contributed by atoms with E-state index in [0.717, 1.165) is 0 Å². The van der Waals surface area contributed by atoms with Crippen molar-refractivity contribution in [1.82, 2.24) is 0 Å². The first kappa shape index (κ1) is 10.2. The van der Waals surface area contributed by atoms with Crippen LogP contribution in [0.15, 0.2) is 52.1 Å². The van der Waals surface area contributed by atoms with Crippen LogP contribution in [0.5, 0.6) is 0 Å². The minimum absolute atomic E-state index is 0.394. The molecule has 0 aliphatic heterocycles. The van der Waals surface area contributed by atoms with Crippen molar-refractivity contribution in [3.05, 3.63) is 54.0 Å². The molecule has 1 aromatic heterocycles. The highest BCUT2D eigenvalue weighted by atomic mass is 16.3. The van der Waals surface area contributed by atoms with Gasteiger partial charge in [-0.25, -0.2) is 0 Å². The van der Waals surface area contributed by atoms with Crippen LogP contribution in [0.2, 0.25) is 0 Å². The second kappa shape index (κ2) is 4.44. The molecule has 2 rings (SSSR count). The predicted molar refractivity (Wildman–Crippen MR) is 60.9 cm³/mol. The van der Waals surface area contributed by atoms with Crippen molar-refractivity contribution in [3.63, 3.8) is 0 Å². The number of hydrogen-bond acceptors (Lipinski definition) is 3. The summed E-state index contributed by atoms with van der Waals surface area (Å²) in [6.45, 7) is 0. The number of primary amides is 1. The fraction of sp³-hybridized carbons (Fsp3) is 0. The molecule has 1 aromatic carbocycles. The summed E-state index contributed by atoms with van der Waals surface area (Å²) in [5.74, 6) is 0.131. The Morgan fingerprint density at radius 3 is 2.75 bits per heavy atom. The number of hydrogen-bond donors (Lipinski definition) is 1. The van der Waals surface area contributed by atoms with Gasteiger partial charge in [-0.15, -0.1) is 0 Å². The van der Waals surface area contributed by atoms with Gasteiger partial charge in [-0.3, -0.25) is 9.79 Å². The molecule has 2 N–H and O–H groups in total. The number of para-hydroxylation sites is 1. The number of amides is 1. The van der Waals surface area contributed by atoms with Crippen molar-refractivity contribution in [2.24, 2.45) is 10.7 Å². The maximum Gasteiger partial charge on any atom is 0.250 e. The van der Waals surface area contributed by atoms with E-state index in [-0.39, 0.29) is 0 Å². The second-order valence-electron chi connectivity index (χ2n) is 3.16. The molecule has 0 radical (unpaired) electrons. The number of carbonyl (C=O) groups excluding carboxylic acids is 1. The summed E-state index contributed by atoms with van der Waals surface area (Å²) in [5.41, 5.74) is 6.15. The molecule has 80 valence electrons. The molecule has 0 saturated carbocycles. The van der Waals surface area contributed by atoms with Gasteiger partial charge >= 0.3 is 0 Å². The van der Waals surface area contributed by atoms with Crippen molar-refractivity contribution in [3.8, 4) is 0 Å². The Morgan fingerprint density at radius 2 is 2.06 bits per heavy atom. The van der Waals surface area contributed by atoms with Gasteiger partial charge in [0.05, 0.1) is 23.7 Å². The van der Waals surface area contributed by atoms with Crippen LogP contribution in [0.25, 0.3) is 0 Å². The molecule has 0 aliphatic carbocycles. The Morgan fingerprint density at radius 1 is 1.25 bits per heavy atom. The lowest BCUT2D eigenvalue weighted by Gasteiger charge is -1.99. The van der Waals surface area contributed by atoms with E-state index < -0.39 is 5.91 Å². The predicted octanol–water partition coefficient (Wildman–Crippen LogP) is 2.13. The highest BCUT2D eigenvalue weighted by molar-refractivity contribution is 5.98. The number of furan rings is 1. The normalized spacial score (nSPS) is 10.8. The van der Waals surface area contributed by atoms with Crippen LogP contribution in [0.1, 0.15) is 16.1 Å². The molecule has 0 atom stereocenters. The zero-order valence-electron chi connectivity index (χ0n) is 8.46. The average Bonchev–Trinajstić information content (AvgIpc) is 2.79. The fourth-order valence-corrected chi connectivity index (χ4v) is 1.29. The molecule has 4 nitrogen and oxygen atoms in total. The van der Waals surface area contributed by atoms with Crippen molar-refractivity contribution in [1.29, 1.82) is 0 Å². The van der Waals surface area contributed by atoms with Crippen LogP contribution in [-0.4, -0.2) is 12.1 Å². The van der Waals surface area contributed by atoms with Crippen LogP contribution in [0, 0.1) is 0 Å². The molecular weight excluding hydrogens is 204 g/mol. The van der Waals surface area contributed by atoms with E-state index >= 15 is 0 Å². The van der Waals surface area contributed by atoms with Gasteiger partial charge in [0.1, 0.15) is 5.76 Å². The summed E-state index contributed by atoms with van der Waals surface area (Å²) in [7, 11) is 0. The summed E-state index contributed by atoms with van der Waals surface area (Å²) in [6.07, 6.45) is 3.10. The van der Waals surface area contributed by atoms with E-state index in [1.165, 1.54) is 0 Å². The molecule has 4 heteroatoms. The van der Waals surface area contributed by atoms with Gasteiger partial charge in [0.25, 0.3) is 5.91 Å². The quantitative estimate of drug-likeness (QED) is 0.795. The molecule has 1 amide bonds. The maximum atomic E-state index is 11.1. The number of rotatable bonds is 3. The third-order valence-corrected chi connectivity index (χ3v) is 2.04. The third-order valence-electron chi connectivity index (χ3n) is 2.04. The molecule has 0 spiro atoms. The van der Waals surface area contributed by atoms with Crippen molar-refractivity contribution in [2.45, 2.75) is 0 Å². The highest BCUT2D eigenvalue weighted by Crippen LogP contribution is 2.17. The molecule has 0 unspecified atom stereocenters. The summed E-state index contributed by atoms with van der Waals surface area (Å²) < 4.78 is 5.09. The van der Waals surface area contributed by atoms with E-state index in [1.54, 1.807) is 48.9 Å². The van der Waals surface area contributed by atoms with E-state index in [4.69, 9.17) is 10.2 Å². The first-order valence-electron chi connectivity index (χ1n) is 4.74. The Hall–Kier alpha value is -2.36. The van der Waals surface area contributed by atoms with Gasteiger partial charge in [0.15, 0.2) is 0 Å². The number of nitrogens with zero attached hydrogens (tertiary/aromatic N) is 1. The number of benzene rings is 1. The molecule has 0 aliphatic rings. The van der Waals surface area contributed by atoms with Gasteiger partial charge in [-0.05, 0) is 24.3 Å². The van der Waals surface area contributed by atoms with Crippen LogP contribution >= 0.6 is 0 Å². The minimum atomic E-state index is -0.493. The van der Waals surface area contributed by atoms with Gasteiger partial charge in [-0.1, -0.05) is 12.1 Å². The molecule has 0 bridgehead atoms. The summed E-state index contributed by atoms with van der Waals surface area (Å²) in [4.78, 5) is 15.3. The van der Waals surface area contributed by atoms with Gasteiger partial charge in [0.2, 0.25) is 0 Å². The fourth-order valence-electron chi connectivity index (χ4n) is 1.29. The number of nitrogens with two attached hydrogens (primary N) is 1. The van der Waals surface area contributed by atoms with Crippen molar-refractivity contribution < 1.29 is 9.21 Å². The van der Waals surface area contributed by atoms with Crippen molar-refractivity contribution in [2.75, 3.05) is 0 Å². The summed E-state index contributed by atoms with van der Waals surface area (Å²) >= 11 is 0. The molecule has 1 heterocycles. The topological polar surface area (TPSA) is 68.6 Å². The number of carbonyl (C=O) groups is 1. The first-order chi connectivity index (χ1) is 7.77. The third kappa shape index (κ3) is 2.17. The molecule has 16 heavy (non-hydrogen) atoms. The number of aliphatic imine (C=N–C) groups is 1. The lowest BCUT2D eigenvalue weighted by Crippen LogP contribution is -2.10. The lowest BCUT2D eigenvalue weighted by atomic mass is 10.2. The molecule has 0 fully saturated rings. The lowest BCUT2D eigenvalue weighted by molar-refractivity contribution is 0.100. The molecular formula is C12H10N2O2. The largest absolute Gasteiger partial charge is 0.463 e. The smallest absolute Gasteiger partial charge is 0.250 e. The summed E-state index contributed by atoms with van der Waals surface area (Å²) in [5, 5.41) is 0. The minimum Gasteiger partial charge on any atom is -0.463 e. The van der Waals surface area contributed by atoms with E-state index in [1.807, 2.05) is 0 Å². The van der Waals surface area contributed by atoms with E-state index in [2.05, 4.69) is 4.99 Å². The van der Waals surface area contributed by atoms with Crippen molar-refractivity contribution >= 4 is 17.8 Å². The van der Waals surface area contributed by atoms with E-state index in [9.17, 15) is 4.79 Å². The van der Waals surface area contributed by atoms with Gasteiger partial charge < -0.3 is 10.2 Å². The molecule has 2 aromatic rings. The Balaban J connectivity index is 2.31. The zero-order valence-corrected chi connectivity index (χ0v) is 8.46. The second-order valence-corrected chi connectivity index (χ2v) is 3.16. The summed E-state index contributed by atoms with van der Waals surface area (Å²) in [6, 6.07) is 10.4. The van der Waals surface area contributed by atoms with Crippen LogP contribution in [0.3, 0.4) is 0 Å². The van der Waals surface area contributed by atoms with Crippen LogP contribution in [-0.2, 0) is 0 Å². The van der Waals surface area contributed by atoms with E-state index in [0.29, 0.717) is 17.0 Å². The average molecular weight is 214 g/mol. The van der Waals surface area contributed by atoms with Gasteiger partial charge in [-0.2, -0.15) is 0 Å². The first-order valence-corrected chi connectivity index (χ1v) is 4.74. The Labute approximate surface area is 92.4 Å².